The van der Waals surface area contributed by atoms with E-state index in [4.69, 9.17) is 11.6 Å². The average Bonchev–Trinajstić information content (AvgIpc) is 3.16. The first-order valence-corrected chi connectivity index (χ1v) is 10.4. The van der Waals surface area contributed by atoms with Gasteiger partial charge >= 0.3 is 0 Å². The van der Waals surface area contributed by atoms with Crippen molar-refractivity contribution in [3.05, 3.63) is 41.3 Å². The summed E-state index contributed by atoms with van der Waals surface area (Å²) in [6.07, 6.45) is 9.45. The fourth-order valence-corrected chi connectivity index (χ4v) is 3.68. The molecule has 0 bridgehead atoms. The van der Waals surface area contributed by atoms with Crippen molar-refractivity contribution in [1.29, 1.82) is 0 Å². The van der Waals surface area contributed by atoms with Crippen molar-refractivity contribution in [2.24, 2.45) is 11.3 Å². The van der Waals surface area contributed by atoms with E-state index in [2.05, 4.69) is 51.1 Å². The second kappa shape index (κ2) is 9.52. The van der Waals surface area contributed by atoms with Crippen LogP contribution in [0.5, 0.6) is 0 Å². The Kier molecular flexibility index (Phi) is 7.08. The Morgan fingerprint density at radius 1 is 1.32 bits per heavy atom. The van der Waals surface area contributed by atoms with Crippen LogP contribution in [0.15, 0.2) is 30.7 Å². The van der Waals surface area contributed by atoms with Crippen LogP contribution in [0.4, 0.5) is 11.8 Å². The summed E-state index contributed by atoms with van der Waals surface area (Å²) in [5.41, 5.74) is 1.27. The molecule has 2 aromatic rings. The first kappa shape index (κ1) is 20.8. The van der Waals surface area contributed by atoms with Crippen molar-refractivity contribution in [1.82, 2.24) is 15.0 Å². The Labute approximate surface area is 172 Å². The molecule has 7 heteroatoms. The summed E-state index contributed by atoms with van der Waals surface area (Å²) < 4.78 is 0. The first-order valence-electron chi connectivity index (χ1n) is 9.98. The maximum atomic E-state index is 9.36. The highest BCUT2D eigenvalue weighted by Crippen LogP contribution is 2.27. The average molecular weight is 404 g/mol. The number of anilines is 2. The van der Waals surface area contributed by atoms with E-state index in [1.54, 1.807) is 6.20 Å². The fourth-order valence-electron chi connectivity index (χ4n) is 3.52. The largest absolute Gasteiger partial charge is 0.396 e. The summed E-state index contributed by atoms with van der Waals surface area (Å²) in [4.78, 5) is 15.4. The smallest absolute Gasteiger partial charge is 0.227 e. The van der Waals surface area contributed by atoms with Crippen molar-refractivity contribution in [3.8, 4) is 0 Å². The molecule has 0 saturated carbocycles. The van der Waals surface area contributed by atoms with Gasteiger partial charge in [-0.2, -0.15) is 4.98 Å². The highest BCUT2D eigenvalue weighted by molar-refractivity contribution is 6.32. The topological polar surface area (TPSA) is 74.2 Å². The number of pyridine rings is 1. The first-order chi connectivity index (χ1) is 13.5. The van der Waals surface area contributed by atoms with Gasteiger partial charge in [0.05, 0.1) is 6.20 Å². The van der Waals surface area contributed by atoms with Gasteiger partial charge < -0.3 is 15.3 Å². The van der Waals surface area contributed by atoms with Gasteiger partial charge in [-0.15, -0.1) is 0 Å². The molecule has 152 valence electrons. The summed E-state index contributed by atoms with van der Waals surface area (Å²) in [6, 6.07) is 4.17. The molecule has 1 atom stereocenters. The normalized spacial score (nSPS) is 17.1. The van der Waals surface area contributed by atoms with Crippen LogP contribution in [0.25, 0.3) is 0 Å². The van der Waals surface area contributed by atoms with E-state index in [9.17, 15) is 5.11 Å². The van der Waals surface area contributed by atoms with Crippen LogP contribution >= 0.6 is 11.6 Å². The predicted octanol–water partition coefficient (Wildman–Crippen LogP) is 3.80. The second-order valence-corrected chi connectivity index (χ2v) is 8.79. The van der Waals surface area contributed by atoms with Gasteiger partial charge in [0.2, 0.25) is 5.95 Å². The molecule has 0 radical (unpaired) electrons. The number of nitrogens with zero attached hydrogens (tertiary/aromatic N) is 4. The molecule has 1 saturated heterocycles. The summed E-state index contributed by atoms with van der Waals surface area (Å²) in [6.45, 7) is 7.01. The summed E-state index contributed by atoms with van der Waals surface area (Å²) in [5.74, 6) is 2.02. The van der Waals surface area contributed by atoms with E-state index in [1.807, 2.05) is 12.4 Å². The Bertz CT molecular complexity index is 756. The third-order valence-electron chi connectivity index (χ3n) is 5.32. The standard InChI is InChI=1S/C21H30ClN5O/c1-21(2,15-28)7-3-8-24-19-18(22)13-25-20(26-19)27-11-6-17(14-27)12-16-4-9-23-10-5-16/h4-5,9-10,13,17,28H,3,6-8,11-12,14-15H2,1-2H3,(H,24,25,26). The SMILES string of the molecule is CC(C)(CO)CCCNc1nc(N2CCC(Cc3ccncc3)C2)ncc1Cl. The molecule has 2 N–H and O–H groups in total. The van der Waals surface area contributed by atoms with Crippen LogP contribution < -0.4 is 10.2 Å². The van der Waals surface area contributed by atoms with Gasteiger partial charge in [0, 0.05) is 38.6 Å². The lowest BCUT2D eigenvalue weighted by atomic mass is 9.89. The molecule has 0 aromatic carbocycles. The van der Waals surface area contributed by atoms with Crippen LogP contribution in [-0.4, -0.2) is 46.3 Å². The van der Waals surface area contributed by atoms with Gasteiger partial charge in [-0.1, -0.05) is 25.4 Å². The molecule has 1 fully saturated rings. The minimum absolute atomic E-state index is 0.0539. The third kappa shape index (κ3) is 5.79. The van der Waals surface area contributed by atoms with Gasteiger partial charge in [0.25, 0.3) is 0 Å². The van der Waals surface area contributed by atoms with Crippen LogP contribution in [0.1, 0.15) is 38.7 Å². The van der Waals surface area contributed by atoms with E-state index in [0.717, 1.165) is 51.3 Å². The van der Waals surface area contributed by atoms with E-state index in [-0.39, 0.29) is 12.0 Å². The van der Waals surface area contributed by atoms with E-state index < -0.39 is 0 Å². The lowest BCUT2D eigenvalue weighted by Crippen LogP contribution is -2.23. The van der Waals surface area contributed by atoms with E-state index in [0.29, 0.717) is 16.8 Å². The molecule has 1 unspecified atom stereocenters. The quantitative estimate of drug-likeness (QED) is 0.620. The molecule has 0 spiro atoms. The Balaban J connectivity index is 1.54. The molecule has 3 rings (SSSR count). The number of nitrogens with one attached hydrogen (secondary N) is 1. The summed E-state index contributed by atoms with van der Waals surface area (Å²) in [5, 5.41) is 13.2. The number of halogens is 1. The van der Waals surface area contributed by atoms with Crippen LogP contribution in [-0.2, 0) is 6.42 Å². The zero-order valence-corrected chi connectivity index (χ0v) is 17.5. The molecule has 0 amide bonds. The van der Waals surface area contributed by atoms with Crippen LogP contribution in [0.2, 0.25) is 5.02 Å². The molecule has 1 aliphatic rings. The Hall–Kier alpha value is -1.92. The van der Waals surface area contributed by atoms with Crippen molar-refractivity contribution >= 4 is 23.4 Å². The number of aliphatic hydroxyl groups excluding tert-OH is 1. The highest BCUT2D eigenvalue weighted by atomic mass is 35.5. The van der Waals surface area contributed by atoms with Crippen molar-refractivity contribution < 1.29 is 5.11 Å². The van der Waals surface area contributed by atoms with Gasteiger partial charge in [-0.25, -0.2) is 4.98 Å². The van der Waals surface area contributed by atoms with Crippen molar-refractivity contribution in [3.63, 3.8) is 0 Å². The number of aliphatic hydroxyl groups is 1. The van der Waals surface area contributed by atoms with Gasteiger partial charge in [0.15, 0.2) is 0 Å². The Morgan fingerprint density at radius 2 is 2.11 bits per heavy atom. The van der Waals surface area contributed by atoms with Crippen molar-refractivity contribution in [2.75, 3.05) is 36.5 Å². The predicted molar refractivity (Wildman–Crippen MR) is 114 cm³/mol. The lowest BCUT2D eigenvalue weighted by molar-refractivity contribution is 0.149. The fraction of sp³-hybridized carbons (Fsp3) is 0.571. The van der Waals surface area contributed by atoms with Gasteiger partial charge in [0.1, 0.15) is 10.8 Å². The molecule has 0 aliphatic carbocycles. The number of hydrogen-bond donors (Lipinski definition) is 2. The van der Waals surface area contributed by atoms with Crippen LogP contribution in [0.3, 0.4) is 0 Å². The van der Waals surface area contributed by atoms with Gasteiger partial charge in [-0.3, -0.25) is 4.98 Å². The molecular weight excluding hydrogens is 374 g/mol. The molecule has 1 aliphatic heterocycles. The molecule has 6 nitrogen and oxygen atoms in total. The highest BCUT2D eigenvalue weighted by Gasteiger charge is 2.25. The zero-order valence-electron chi connectivity index (χ0n) is 16.7. The van der Waals surface area contributed by atoms with E-state index in [1.165, 1.54) is 5.56 Å². The molecule has 28 heavy (non-hydrogen) atoms. The van der Waals surface area contributed by atoms with E-state index >= 15 is 0 Å². The number of aromatic nitrogens is 3. The molecule has 3 heterocycles. The molecule has 2 aromatic heterocycles. The monoisotopic (exact) mass is 403 g/mol. The minimum Gasteiger partial charge on any atom is -0.396 e. The summed E-state index contributed by atoms with van der Waals surface area (Å²) >= 11 is 6.28. The second-order valence-electron chi connectivity index (χ2n) is 8.38. The minimum atomic E-state index is -0.0539. The van der Waals surface area contributed by atoms with Crippen LogP contribution in [0, 0.1) is 11.3 Å². The maximum absolute atomic E-state index is 9.36. The number of rotatable bonds is 9. The van der Waals surface area contributed by atoms with Gasteiger partial charge in [-0.05, 0) is 54.7 Å². The van der Waals surface area contributed by atoms with Crippen molar-refractivity contribution in [2.45, 2.75) is 39.5 Å². The lowest BCUT2D eigenvalue weighted by Gasteiger charge is -2.21. The number of hydrogen-bond acceptors (Lipinski definition) is 6. The maximum Gasteiger partial charge on any atom is 0.227 e. The third-order valence-corrected chi connectivity index (χ3v) is 5.60. The zero-order chi connectivity index (χ0) is 20.0. The summed E-state index contributed by atoms with van der Waals surface area (Å²) in [7, 11) is 0. The Morgan fingerprint density at radius 3 is 2.86 bits per heavy atom. The molecular formula is C21H30ClN5O.